The Balaban J connectivity index is 1.99. The van der Waals surface area contributed by atoms with E-state index in [0.29, 0.717) is 16.6 Å². The van der Waals surface area contributed by atoms with Gasteiger partial charge in [0.1, 0.15) is 0 Å². The molecule has 1 atom stereocenters. The van der Waals surface area contributed by atoms with Gasteiger partial charge in [0.25, 0.3) is 0 Å². The smallest absolute Gasteiger partial charge is 0.191 e. The number of aliphatic imine (C=N–C) groups is 1. The predicted octanol–water partition coefficient (Wildman–Crippen LogP) is 3.51. The molecule has 0 amide bonds. The van der Waals surface area contributed by atoms with Crippen LogP contribution in [0.4, 0.5) is 0 Å². The Morgan fingerprint density at radius 3 is 2.87 bits per heavy atom. The van der Waals surface area contributed by atoms with Gasteiger partial charge in [0, 0.05) is 35.5 Å². The molecule has 0 aliphatic carbocycles. The Labute approximate surface area is 146 Å². The van der Waals surface area contributed by atoms with Crippen molar-refractivity contribution in [1.82, 2.24) is 20.2 Å². The van der Waals surface area contributed by atoms with Crippen LogP contribution in [-0.2, 0) is 6.54 Å². The number of nitrogens with zero attached hydrogens (tertiary/aromatic N) is 3. The summed E-state index contributed by atoms with van der Waals surface area (Å²) in [5.74, 6) is 0.756. The van der Waals surface area contributed by atoms with Crippen LogP contribution in [0.5, 0.6) is 0 Å². The van der Waals surface area contributed by atoms with Crippen LogP contribution in [0.25, 0.3) is 0 Å². The summed E-state index contributed by atoms with van der Waals surface area (Å²) in [5.41, 5.74) is 0.983. The van der Waals surface area contributed by atoms with Crippen molar-refractivity contribution in [2.24, 2.45) is 4.99 Å². The van der Waals surface area contributed by atoms with E-state index in [-0.39, 0.29) is 6.04 Å². The van der Waals surface area contributed by atoms with E-state index in [0.717, 1.165) is 24.6 Å². The second-order valence-electron chi connectivity index (χ2n) is 5.09. The number of imidazole rings is 1. The third-order valence-corrected chi connectivity index (χ3v) is 3.88. The topological polar surface area (TPSA) is 54.2 Å². The van der Waals surface area contributed by atoms with Crippen molar-refractivity contribution >= 4 is 29.2 Å². The van der Waals surface area contributed by atoms with Gasteiger partial charge in [0.05, 0.1) is 18.9 Å². The van der Waals surface area contributed by atoms with Gasteiger partial charge in [-0.25, -0.2) is 4.98 Å². The summed E-state index contributed by atoms with van der Waals surface area (Å²) in [6.07, 6.45) is 5.47. The summed E-state index contributed by atoms with van der Waals surface area (Å²) in [6, 6.07) is 5.53. The van der Waals surface area contributed by atoms with Crippen molar-refractivity contribution in [2.75, 3.05) is 13.1 Å². The van der Waals surface area contributed by atoms with Crippen molar-refractivity contribution in [1.29, 1.82) is 0 Å². The maximum atomic E-state index is 6.26. The first-order valence-corrected chi connectivity index (χ1v) is 8.31. The minimum Gasteiger partial charge on any atom is -0.357 e. The number of aromatic nitrogens is 2. The zero-order valence-corrected chi connectivity index (χ0v) is 14.8. The maximum absolute atomic E-state index is 6.26. The third kappa shape index (κ3) is 5.44. The van der Waals surface area contributed by atoms with Gasteiger partial charge in [0.2, 0.25) is 0 Å². The molecule has 0 bridgehead atoms. The second kappa shape index (κ2) is 8.79. The molecule has 1 aromatic carbocycles. The number of hydrogen-bond donors (Lipinski definition) is 2. The van der Waals surface area contributed by atoms with Crippen molar-refractivity contribution < 1.29 is 0 Å². The Bertz CT molecular complexity index is 640. The fourth-order valence-electron chi connectivity index (χ4n) is 2.15. The molecule has 2 N–H and O–H groups in total. The molecule has 5 nitrogen and oxygen atoms in total. The van der Waals surface area contributed by atoms with Crippen LogP contribution in [0.2, 0.25) is 10.0 Å². The first-order chi connectivity index (χ1) is 11.1. The normalized spacial score (nSPS) is 13.0. The van der Waals surface area contributed by atoms with Crippen LogP contribution >= 0.6 is 23.2 Å². The number of hydrogen-bond acceptors (Lipinski definition) is 2. The zero-order valence-electron chi connectivity index (χ0n) is 13.3. The molecule has 0 aliphatic rings. The number of halogens is 2. The van der Waals surface area contributed by atoms with E-state index in [1.54, 1.807) is 18.6 Å². The van der Waals surface area contributed by atoms with Crippen molar-refractivity contribution in [2.45, 2.75) is 26.4 Å². The summed E-state index contributed by atoms with van der Waals surface area (Å²) < 4.78 is 1.99. The minimum absolute atomic E-state index is 0.0193. The lowest BCUT2D eigenvalue weighted by Crippen LogP contribution is -2.39. The van der Waals surface area contributed by atoms with E-state index < -0.39 is 0 Å². The molecule has 0 aliphatic heterocycles. The minimum atomic E-state index is 0.0193. The fourth-order valence-corrected chi connectivity index (χ4v) is 2.72. The largest absolute Gasteiger partial charge is 0.357 e. The molecule has 124 valence electrons. The van der Waals surface area contributed by atoms with Gasteiger partial charge in [-0.15, -0.1) is 0 Å². The highest BCUT2D eigenvalue weighted by molar-refractivity contribution is 6.35. The molecule has 2 aromatic rings. The van der Waals surface area contributed by atoms with Gasteiger partial charge in [-0.1, -0.05) is 29.3 Å². The van der Waals surface area contributed by atoms with Crippen LogP contribution in [0.3, 0.4) is 0 Å². The molecule has 23 heavy (non-hydrogen) atoms. The lowest BCUT2D eigenvalue weighted by atomic mass is 10.1. The average Bonchev–Trinajstić information content (AvgIpc) is 3.00. The van der Waals surface area contributed by atoms with E-state index in [9.17, 15) is 0 Å². The molecule has 0 fully saturated rings. The molecule has 2 rings (SSSR count). The third-order valence-electron chi connectivity index (χ3n) is 3.31. The van der Waals surface area contributed by atoms with Crippen LogP contribution in [-0.4, -0.2) is 28.6 Å². The first-order valence-electron chi connectivity index (χ1n) is 7.55. The number of benzene rings is 1. The SMILES string of the molecule is CCNC(=NCCn1ccnc1)NC(C)c1ccc(Cl)cc1Cl. The average molecular weight is 354 g/mol. The molecule has 0 saturated heterocycles. The maximum Gasteiger partial charge on any atom is 0.191 e. The van der Waals surface area contributed by atoms with Crippen molar-refractivity contribution in [3.05, 3.63) is 52.5 Å². The highest BCUT2D eigenvalue weighted by Crippen LogP contribution is 2.25. The number of guanidine groups is 1. The molecule has 1 aromatic heterocycles. The quantitative estimate of drug-likeness (QED) is 0.617. The van der Waals surface area contributed by atoms with E-state index in [1.807, 2.05) is 36.7 Å². The summed E-state index contributed by atoms with van der Waals surface area (Å²) in [4.78, 5) is 8.60. The molecule has 1 heterocycles. The van der Waals surface area contributed by atoms with Gasteiger partial charge in [-0.3, -0.25) is 4.99 Å². The second-order valence-corrected chi connectivity index (χ2v) is 5.94. The molecular weight excluding hydrogens is 333 g/mol. The highest BCUT2D eigenvalue weighted by Gasteiger charge is 2.11. The Hall–Kier alpha value is -1.72. The molecule has 7 heteroatoms. The van der Waals surface area contributed by atoms with Crippen molar-refractivity contribution in [3.63, 3.8) is 0 Å². The lowest BCUT2D eigenvalue weighted by Gasteiger charge is -2.19. The molecule has 0 spiro atoms. The van der Waals surface area contributed by atoms with Gasteiger partial charge in [-0.05, 0) is 31.5 Å². The summed E-state index contributed by atoms with van der Waals surface area (Å²) in [6.45, 7) is 6.31. The highest BCUT2D eigenvalue weighted by atomic mass is 35.5. The van der Waals surface area contributed by atoms with Crippen LogP contribution in [0.1, 0.15) is 25.5 Å². The molecule has 0 radical (unpaired) electrons. The van der Waals surface area contributed by atoms with Gasteiger partial charge >= 0.3 is 0 Å². The van der Waals surface area contributed by atoms with Gasteiger partial charge in [0.15, 0.2) is 5.96 Å². The number of rotatable bonds is 6. The zero-order chi connectivity index (χ0) is 16.7. The molecule has 1 unspecified atom stereocenters. The number of nitrogens with one attached hydrogen (secondary N) is 2. The van der Waals surface area contributed by atoms with Crippen molar-refractivity contribution in [3.8, 4) is 0 Å². The Kier molecular flexibility index (Phi) is 6.74. The molecular formula is C16H21Cl2N5. The summed E-state index contributed by atoms with van der Waals surface area (Å²) in [5, 5.41) is 7.88. The van der Waals surface area contributed by atoms with E-state index in [4.69, 9.17) is 23.2 Å². The first kappa shape index (κ1) is 17.6. The molecule has 0 saturated carbocycles. The summed E-state index contributed by atoms with van der Waals surface area (Å²) >= 11 is 12.2. The predicted molar refractivity (Wildman–Crippen MR) is 96.2 cm³/mol. The van der Waals surface area contributed by atoms with E-state index >= 15 is 0 Å². The lowest BCUT2D eigenvalue weighted by molar-refractivity contribution is 0.668. The monoisotopic (exact) mass is 353 g/mol. The fraction of sp³-hybridized carbons (Fsp3) is 0.375. The Morgan fingerprint density at radius 2 is 2.22 bits per heavy atom. The van der Waals surface area contributed by atoms with Gasteiger partial charge < -0.3 is 15.2 Å². The van der Waals surface area contributed by atoms with E-state index in [1.165, 1.54) is 0 Å². The van der Waals surface area contributed by atoms with Crippen LogP contribution < -0.4 is 10.6 Å². The van der Waals surface area contributed by atoms with Crippen LogP contribution in [0.15, 0.2) is 41.9 Å². The van der Waals surface area contributed by atoms with Gasteiger partial charge in [-0.2, -0.15) is 0 Å². The Morgan fingerprint density at radius 1 is 1.39 bits per heavy atom. The summed E-state index contributed by atoms with van der Waals surface area (Å²) in [7, 11) is 0. The van der Waals surface area contributed by atoms with E-state index in [2.05, 4.69) is 20.6 Å². The van der Waals surface area contributed by atoms with Crippen LogP contribution in [0, 0.1) is 0 Å². The standard InChI is InChI=1S/C16H21Cl2N5/c1-3-20-16(21-7-9-23-8-6-19-11-23)22-12(2)14-5-4-13(17)10-15(14)18/h4-6,8,10-12H,3,7,9H2,1-2H3,(H2,20,21,22).